The molecule has 2 aromatic carbocycles. The van der Waals surface area contributed by atoms with Crippen molar-refractivity contribution in [1.82, 2.24) is 19.4 Å². The lowest BCUT2D eigenvalue weighted by Crippen LogP contribution is -2.40. The molecule has 0 spiro atoms. The normalized spacial score (nSPS) is 14.6. The zero-order valence-electron chi connectivity index (χ0n) is 18.2. The number of sulfonamides is 1. The van der Waals surface area contributed by atoms with Crippen LogP contribution in [0.2, 0.25) is 0 Å². The minimum Gasteiger partial charge on any atom is -0.379 e. The van der Waals surface area contributed by atoms with Crippen molar-refractivity contribution < 1.29 is 22.3 Å². The van der Waals surface area contributed by atoms with E-state index in [1.807, 2.05) is 0 Å². The highest BCUT2D eigenvalue weighted by atomic mass is 32.2. The number of hydrogen-bond acceptors (Lipinski definition) is 6. The third-order valence-electron chi connectivity index (χ3n) is 5.34. The fraction of sp³-hybridized carbons (Fsp3) is 0.261. The SMILES string of the molecule is O=C(NCCn1nc(-c2ccc(F)cc2)ccc1=O)c1ccc(S(=O)(=O)N2CCOCC2)cc1. The first kappa shape index (κ1) is 23.7. The summed E-state index contributed by atoms with van der Waals surface area (Å²) in [4.78, 5) is 24.7. The van der Waals surface area contributed by atoms with Gasteiger partial charge in [0.15, 0.2) is 0 Å². The van der Waals surface area contributed by atoms with Gasteiger partial charge in [0.25, 0.3) is 11.5 Å². The topological polar surface area (TPSA) is 111 Å². The average Bonchev–Trinajstić information content (AvgIpc) is 2.86. The van der Waals surface area contributed by atoms with Crippen molar-refractivity contribution in [1.29, 1.82) is 0 Å². The number of carbonyl (C=O) groups excluding carboxylic acids is 1. The van der Waals surface area contributed by atoms with E-state index < -0.39 is 15.9 Å². The average molecular weight is 487 g/mol. The Kier molecular flexibility index (Phi) is 7.15. The van der Waals surface area contributed by atoms with Crippen LogP contribution in [0.4, 0.5) is 4.39 Å². The standard InChI is InChI=1S/C23H23FN4O5S/c24-19-5-1-17(2-6-19)21-9-10-22(29)28(26-21)12-11-25-23(30)18-3-7-20(8-4-18)34(31,32)27-13-15-33-16-14-27/h1-10H,11-16H2,(H,25,30). The molecular formula is C23H23FN4O5S. The number of morpholine rings is 1. The second-order valence-corrected chi connectivity index (χ2v) is 9.52. The Morgan fingerprint density at radius 1 is 1.00 bits per heavy atom. The number of nitrogens with zero attached hydrogens (tertiary/aromatic N) is 3. The summed E-state index contributed by atoms with van der Waals surface area (Å²) >= 11 is 0. The predicted molar refractivity (Wildman–Crippen MR) is 122 cm³/mol. The molecule has 0 aliphatic carbocycles. The molecule has 1 saturated heterocycles. The Balaban J connectivity index is 1.37. The minimum atomic E-state index is -3.64. The number of rotatable bonds is 7. The summed E-state index contributed by atoms with van der Waals surface area (Å²) in [5.74, 6) is -0.774. The molecule has 3 aromatic rings. The molecule has 1 N–H and O–H groups in total. The molecule has 1 amide bonds. The highest BCUT2D eigenvalue weighted by Crippen LogP contribution is 2.18. The lowest BCUT2D eigenvalue weighted by molar-refractivity contribution is 0.0730. The number of amides is 1. The number of halogens is 1. The molecule has 0 saturated carbocycles. The van der Waals surface area contributed by atoms with Crippen molar-refractivity contribution >= 4 is 15.9 Å². The largest absolute Gasteiger partial charge is 0.379 e. The van der Waals surface area contributed by atoms with Gasteiger partial charge in [-0.2, -0.15) is 9.40 Å². The van der Waals surface area contributed by atoms with Gasteiger partial charge in [-0.25, -0.2) is 17.5 Å². The summed E-state index contributed by atoms with van der Waals surface area (Å²) in [6.07, 6.45) is 0. The van der Waals surface area contributed by atoms with E-state index in [2.05, 4.69) is 10.4 Å². The second-order valence-electron chi connectivity index (χ2n) is 7.58. The molecule has 0 bridgehead atoms. The van der Waals surface area contributed by atoms with E-state index in [4.69, 9.17) is 4.74 Å². The third kappa shape index (κ3) is 5.38. The first-order valence-corrected chi connectivity index (χ1v) is 12.1. The van der Waals surface area contributed by atoms with Crippen LogP contribution in [0, 0.1) is 5.82 Å². The number of benzene rings is 2. The monoisotopic (exact) mass is 486 g/mol. The number of nitrogens with one attached hydrogen (secondary N) is 1. The molecule has 11 heteroatoms. The van der Waals surface area contributed by atoms with Crippen LogP contribution in [0.5, 0.6) is 0 Å². The molecule has 0 radical (unpaired) electrons. The van der Waals surface area contributed by atoms with E-state index in [9.17, 15) is 22.4 Å². The highest BCUT2D eigenvalue weighted by Gasteiger charge is 2.26. The van der Waals surface area contributed by atoms with Gasteiger partial charge in [-0.1, -0.05) is 0 Å². The van der Waals surface area contributed by atoms with Gasteiger partial charge in [0.2, 0.25) is 10.0 Å². The molecule has 0 unspecified atom stereocenters. The molecule has 178 valence electrons. The van der Waals surface area contributed by atoms with Gasteiger partial charge in [-0.05, 0) is 54.6 Å². The Hall–Kier alpha value is -3.41. The van der Waals surface area contributed by atoms with Crippen molar-refractivity contribution in [2.75, 3.05) is 32.8 Å². The van der Waals surface area contributed by atoms with E-state index >= 15 is 0 Å². The third-order valence-corrected chi connectivity index (χ3v) is 7.25. The molecular weight excluding hydrogens is 463 g/mol. The van der Waals surface area contributed by atoms with Gasteiger partial charge in [0.1, 0.15) is 5.82 Å². The molecule has 4 rings (SSSR count). The molecule has 1 aliphatic rings. The van der Waals surface area contributed by atoms with Crippen molar-refractivity contribution in [3.63, 3.8) is 0 Å². The van der Waals surface area contributed by atoms with Crippen molar-refractivity contribution in [3.8, 4) is 11.3 Å². The van der Waals surface area contributed by atoms with E-state index in [-0.39, 0.29) is 29.4 Å². The number of ether oxygens (including phenoxy) is 1. The van der Waals surface area contributed by atoms with Crippen LogP contribution in [0.15, 0.2) is 70.4 Å². The lowest BCUT2D eigenvalue weighted by atomic mass is 10.1. The lowest BCUT2D eigenvalue weighted by Gasteiger charge is -2.26. The number of hydrogen-bond donors (Lipinski definition) is 1. The zero-order valence-corrected chi connectivity index (χ0v) is 19.0. The molecule has 1 fully saturated rings. The Morgan fingerprint density at radius 3 is 2.35 bits per heavy atom. The van der Waals surface area contributed by atoms with Gasteiger partial charge < -0.3 is 10.1 Å². The van der Waals surface area contributed by atoms with Crippen LogP contribution < -0.4 is 10.9 Å². The molecule has 1 aromatic heterocycles. The van der Waals surface area contributed by atoms with Gasteiger partial charge in [0.05, 0.1) is 30.3 Å². The van der Waals surface area contributed by atoms with E-state index in [1.54, 1.807) is 18.2 Å². The summed E-state index contributed by atoms with van der Waals surface area (Å²) in [7, 11) is -3.64. The Morgan fingerprint density at radius 2 is 1.68 bits per heavy atom. The van der Waals surface area contributed by atoms with Gasteiger partial charge in [0, 0.05) is 36.8 Å². The smallest absolute Gasteiger partial charge is 0.266 e. The fourth-order valence-electron chi connectivity index (χ4n) is 3.48. The maximum absolute atomic E-state index is 13.1. The highest BCUT2D eigenvalue weighted by molar-refractivity contribution is 7.89. The van der Waals surface area contributed by atoms with Crippen LogP contribution in [-0.4, -0.2) is 61.3 Å². The van der Waals surface area contributed by atoms with Crippen LogP contribution in [-0.2, 0) is 21.3 Å². The predicted octanol–water partition coefficient (Wildman–Crippen LogP) is 1.50. The maximum atomic E-state index is 13.1. The summed E-state index contributed by atoms with van der Waals surface area (Å²) in [5.41, 5.74) is 1.12. The maximum Gasteiger partial charge on any atom is 0.266 e. The summed E-state index contributed by atoms with van der Waals surface area (Å²) in [6.45, 7) is 1.55. The Labute approximate surface area is 195 Å². The number of carbonyl (C=O) groups is 1. The number of aromatic nitrogens is 2. The quantitative estimate of drug-likeness (QED) is 0.542. The van der Waals surface area contributed by atoms with Crippen LogP contribution in [0.3, 0.4) is 0 Å². The van der Waals surface area contributed by atoms with Crippen LogP contribution >= 0.6 is 0 Å². The molecule has 9 nitrogen and oxygen atoms in total. The molecule has 1 aliphatic heterocycles. The molecule has 0 atom stereocenters. The first-order chi connectivity index (χ1) is 16.3. The minimum absolute atomic E-state index is 0.110. The summed E-state index contributed by atoms with van der Waals surface area (Å²) in [5, 5.41) is 6.97. The van der Waals surface area contributed by atoms with Crippen molar-refractivity contribution in [2.24, 2.45) is 0 Å². The van der Waals surface area contributed by atoms with Crippen LogP contribution in [0.25, 0.3) is 11.3 Å². The first-order valence-electron chi connectivity index (χ1n) is 10.6. The van der Waals surface area contributed by atoms with E-state index in [0.717, 1.165) is 0 Å². The van der Waals surface area contributed by atoms with Crippen molar-refractivity contribution in [2.45, 2.75) is 11.4 Å². The van der Waals surface area contributed by atoms with Crippen LogP contribution in [0.1, 0.15) is 10.4 Å². The fourth-order valence-corrected chi connectivity index (χ4v) is 4.88. The van der Waals surface area contributed by atoms with Crippen molar-refractivity contribution in [3.05, 3.63) is 82.4 Å². The molecule has 2 heterocycles. The van der Waals surface area contributed by atoms with Gasteiger partial charge >= 0.3 is 0 Å². The van der Waals surface area contributed by atoms with Gasteiger partial charge in [-0.15, -0.1) is 0 Å². The second kappa shape index (κ2) is 10.2. The molecule has 34 heavy (non-hydrogen) atoms. The van der Waals surface area contributed by atoms with E-state index in [0.29, 0.717) is 43.1 Å². The summed E-state index contributed by atoms with van der Waals surface area (Å²) < 4.78 is 46.3. The Bertz CT molecular complexity index is 1320. The van der Waals surface area contributed by atoms with Gasteiger partial charge in [-0.3, -0.25) is 9.59 Å². The zero-order chi connectivity index (χ0) is 24.1. The van der Waals surface area contributed by atoms with E-state index in [1.165, 1.54) is 51.5 Å². The summed E-state index contributed by atoms with van der Waals surface area (Å²) in [6, 6.07) is 14.4.